The number of fused-ring (bicyclic) bond motifs is 1. The van der Waals surface area contributed by atoms with Crippen molar-refractivity contribution in [2.45, 2.75) is 0 Å². The van der Waals surface area contributed by atoms with Crippen LogP contribution in [0.15, 0.2) is 35.7 Å². The molecule has 0 aliphatic carbocycles. The predicted molar refractivity (Wildman–Crippen MR) is 50.0 cm³/mol. The van der Waals surface area contributed by atoms with E-state index in [4.69, 9.17) is 4.21 Å². The van der Waals surface area contributed by atoms with Crippen LogP contribution in [0.1, 0.15) is 0 Å². The summed E-state index contributed by atoms with van der Waals surface area (Å²) in [6.07, 6.45) is 0. The number of hydrogen-bond acceptors (Lipinski definition) is 3. The van der Waals surface area contributed by atoms with Crippen LogP contribution in [0.5, 0.6) is 0 Å². The van der Waals surface area contributed by atoms with E-state index >= 15 is 0 Å². The fourth-order valence-corrected chi connectivity index (χ4v) is 1.70. The van der Waals surface area contributed by atoms with Crippen molar-refractivity contribution < 1.29 is 4.21 Å². The van der Waals surface area contributed by atoms with Crippen molar-refractivity contribution >= 4 is 34.0 Å². The molecule has 0 N–H and O–H groups in total. The van der Waals surface area contributed by atoms with Gasteiger partial charge in [-0.25, -0.2) is 0 Å². The van der Waals surface area contributed by atoms with E-state index in [-0.39, 0.29) is 0 Å². The lowest BCUT2D eigenvalue weighted by Crippen LogP contribution is -1.56. The van der Waals surface area contributed by atoms with E-state index in [1.807, 2.05) is 0 Å². The predicted octanol–water partition coefficient (Wildman–Crippen LogP) is 2.57. The van der Waals surface area contributed by atoms with Gasteiger partial charge in [-0.2, -0.15) is 4.21 Å². The van der Waals surface area contributed by atoms with Gasteiger partial charge in [0, 0.05) is 4.70 Å². The second-order valence-corrected chi connectivity index (χ2v) is 2.91. The summed E-state index contributed by atoms with van der Waals surface area (Å²) in [5.74, 6) is 0. The van der Waals surface area contributed by atoms with Crippen LogP contribution in [-0.2, 0) is 12.5 Å². The van der Waals surface area contributed by atoms with Crippen LogP contribution in [0.25, 0.3) is 10.1 Å². The Morgan fingerprint density at radius 2 is 1.82 bits per heavy atom. The SMILES string of the molecule is O=S.c1ccc2sccc2c1. The van der Waals surface area contributed by atoms with Crippen LogP contribution in [-0.4, -0.2) is 4.21 Å². The molecular weight excluding hydrogens is 176 g/mol. The lowest BCUT2D eigenvalue weighted by molar-refractivity contribution is 0.702. The van der Waals surface area contributed by atoms with E-state index in [0.717, 1.165) is 0 Å². The van der Waals surface area contributed by atoms with Crippen molar-refractivity contribution in [3.05, 3.63) is 35.7 Å². The van der Waals surface area contributed by atoms with Gasteiger partial charge in [0.05, 0.1) is 0 Å². The molecule has 0 aliphatic heterocycles. The van der Waals surface area contributed by atoms with Gasteiger partial charge in [0.2, 0.25) is 0 Å². The summed E-state index contributed by atoms with van der Waals surface area (Å²) in [6, 6.07) is 10.5. The molecule has 56 valence electrons. The molecule has 0 amide bonds. The molecule has 1 heterocycles. The summed E-state index contributed by atoms with van der Waals surface area (Å²) in [5, 5.41) is 3.47. The number of benzene rings is 1. The number of rotatable bonds is 0. The minimum atomic E-state index is 1.35. The van der Waals surface area contributed by atoms with Crippen LogP contribution in [0.3, 0.4) is 0 Å². The molecule has 0 unspecified atom stereocenters. The van der Waals surface area contributed by atoms with Gasteiger partial charge in [-0.3, -0.25) is 0 Å². The zero-order chi connectivity index (χ0) is 8.10. The number of thiophene rings is 1. The lowest BCUT2D eigenvalue weighted by atomic mass is 10.3. The fraction of sp³-hybridized carbons (Fsp3) is 0. The molecule has 0 bridgehead atoms. The normalized spacial score (nSPS) is 8.73. The molecule has 1 aromatic heterocycles. The zero-order valence-electron chi connectivity index (χ0n) is 5.69. The second kappa shape index (κ2) is 4.16. The monoisotopic (exact) mass is 182 g/mol. The Morgan fingerprint density at radius 3 is 2.55 bits per heavy atom. The average Bonchev–Trinajstić information content (AvgIpc) is 2.55. The molecule has 2 aromatic rings. The maximum atomic E-state index is 7.83. The van der Waals surface area contributed by atoms with Crippen LogP contribution < -0.4 is 0 Å². The van der Waals surface area contributed by atoms with Gasteiger partial charge in [-0.05, 0) is 22.9 Å². The van der Waals surface area contributed by atoms with Gasteiger partial charge in [-0.15, -0.1) is 11.3 Å². The summed E-state index contributed by atoms with van der Waals surface area (Å²) in [4.78, 5) is 0. The van der Waals surface area contributed by atoms with Gasteiger partial charge in [-0.1, -0.05) is 18.2 Å². The Morgan fingerprint density at radius 1 is 1.09 bits per heavy atom. The van der Waals surface area contributed by atoms with Crippen molar-refractivity contribution in [3.63, 3.8) is 0 Å². The van der Waals surface area contributed by atoms with Gasteiger partial charge in [0.25, 0.3) is 0 Å². The van der Waals surface area contributed by atoms with E-state index in [0.29, 0.717) is 0 Å². The molecule has 0 spiro atoms. The van der Waals surface area contributed by atoms with Crippen molar-refractivity contribution in [2.24, 2.45) is 0 Å². The maximum Gasteiger partial charge on any atom is 0.197 e. The number of hydrogen-bond donors (Lipinski definition) is 0. The van der Waals surface area contributed by atoms with Crippen molar-refractivity contribution in [3.8, 4) is 0 Å². The highest BCUT2D eigenvalue weighted by Crippen LogP contribution is 2.18. The molecule has 0 fully saturated rings. The summed E-state index contributed by atoms with van der Waals surface area (Å²) >= 11 is 4.62. The molecular formula is C8H6OS2. The summed E-state index contributed by atoms with van der Waals surface area (Å²) < 4.78 is 9.21. The molecule has 0 saturated heterocycles. The Labute approximate surface area is 74.2 Å². The third kappa shape index (κ3) is 1.82. The highest BCUT2D eigenvalue weighted by atomic mass is 32.1. The van der Waals surface area contributed by atoms with E-state index < -0.39 is 0 Å². The highest BCUT2D eigenvalue weighted by Gasteiger charge is 1.87. The molecule has 0 radical (unpaired) electrons. The van der Waals surface area contributed by atoms with Gasteiger partial charge < -0.3 is 0 Å². The Hall–Kier alpha value is -0.800. The van der Waals surface area contributed by atoms with Gasteiger partial charge >= 0.3 is 0 Å². The Kier molecular flexibility index (Phi) is 3.14. The van der Waals surface area contributed by atoms with Crippen molar-refractivity contribution in [1.29, 1.82) is 0 Å². The molecule has 2 rings (SSSR count). The van der Waals surface area contributed by atoms with Crippen LogP contribution in [0, 0.1) is 0 Å². The molecule has 0 aliphatic rings. The fourth-order valence-electron chi connectivity index (χ4n) is 0.906. The maximum absolute atomic E-state index is 7.83. The minimum Gasteiger partial charge on any atom is -0.197 e. The highest BCUT2D eigenvalue weighted by molar-refractivity contribution is 7.44. The third-order valence-electron chi connectivity index (χ3n) is 1.36. The molecule has 1 nitrogen and oxygen atoms in total. The van der Waals surface area contributed by atoms with Crippen molar-refractivity contribution in [1.82, 2.24) is 0 Å². The van der Waals surface area contributed by atoms with Crippen LogP contribution in [0.2, 0.25) is 0 Å². The quantitative estimate of drug-likeness (QED) is 0.623. The molecule has 1 aromatic carbocycles. The first-order valence-electron chi connectivity index (χ1n) is 3.06. The van der Waals surface area contributed by atoms with E-state index in [9.17, 15) is 0 Å². The van der Waals surface area contributed by atoms with Crippen LogP contribution in [0.4, 0.5) is 0 Å². The first kappa shape index (κ1) is 8.30. The smallest absolute Gasteiger partial charge is 0.197 e. The van der Waals surface area contributed by atoms with Crippen molar-refractivity contribution in [2.75, 3.05) is 0 Å². The molecule has 0 saturated carbocycles. The van der Waals surface area contributed by atoms with Gasteiger partial charge in [0.15, 0.2) is 12.5 Å². The van der Waals surface area contributed by atoms with E-state index in [1.165, 1.54) is 10.1 Å². The zero-order valence-corrected chi connectivity index (χ0v) is 7.32. The molecule has 11 heavy (non-hydrogen) atoms. The Bertz CT molecular complexity index is 299. The van der Waals surface area contributed by atoms with E-state index in [1.54, 1.807) is 11.3 Å². The molecule has 3 heteroatoms. The summed E-state index contributed by atoms with van der Waals surface area (Å²) in [5.41, 5.74) is 0. The first-order chi connectivity index (χ1) is 5.47. The summed E-state index contributed by atoms with van der Waals surface area (Å²) in [6.45, 7) is 0. The van der Waals surface area contributed by atoms with E-state index in [2.05, 4.69) is 48.2 Å². The standard InChI is InChI=1S/C8H6S.OS/c1-2-4-8-7(3-1)5-6-9-8;1-2/h1-6H;. The third-order valence-corrected chi connectivity index (χ3v) is 2.26. The first-order valence-corrected chi connectivity index (χ1v) is 4.27. The Balaban J connectivity index is 0.000000281. The second-order valence-electron chi connectivity index (χ2n) is 1.96. The van der Waals surface area contributed by atoms with Gasteiger partial charge in [0.1, 0.15) is 0 Å². The topological polar surface area (TPSA) is 17.1 Å². The lowest BCUT2D eigenvalue weighted by Gasteiger charge is -1.82. The largest absolute Gasteiger partial charge is 0.197 e. The summed E-state index contributed by atoms with van der Waals surface area (Å²) in [7, 11) is 0. The van der Waals surface area contributed by atoms with Crippen LogP contribution >= 0.6 is 11.3 Å². The average molecular weight is 182 g/mol. The minimum absolute atomic E-state index is 1.35. The molecule has 0 atom stereocenters.